The number of halogens is 2. The van der Waals surface area contributed by atoms with E-state index in [9.17, 15) is 14.4 Å². The second kappa shape index (κ2) is 5.95. The van der Waals surface area contributed by atoms with Crippen LogP contribution in [0.4, 0.5) is 0 Å². The Morgan fingerprint density at radius 3 is 2.65 bits per heavy atom. The van der Waals surface area contributed by atoms with Crippen LogP contribution in [0.3, 0.4) is 0 Å². The van der Waals surface area contributed by atoms with Gasteiger partial charge in [-0.3, -0.25) is 9.59 Å². The normalized spacial score (nSPS) is 19.9. The average Bonchev–Trinajstić information content (AvgIpc) is 2.64. The van der Waals surface area contributed by atoms with Crippen molar-refractivity contribution < 1.29 is 19.1 Å². The Kier molecular flexibility index (Phi) is 5.12. The number of ether oxygens (including phenoxy) is 1. The molecule has 1 saturated heterocycles. The van der Waals surface area contributed by atoms with Gasteiger partial charge in [0.1, 0.15) is 6.04 Å². The van der Waals surface area contributed by atoms with Gasteiger partial charge in [0.05, 0.1) is 6.61 Å². The third kappa shape index (κ3) is 3.51. The van der Waals surface area contributed by atoms with E-state index in [0.717, 1.165) is 0 Å². The fourth-order valence-electron chi connectivity index (χ4n) is 1.39. The van der Waals surface area contributed by atoms with E-state index in [0.29, 0.717) is 19.4 Å². The van der Waals surface area contributed by atoms with E-state index < -0.39 is 21.2 Å². The Bertz CT molecular complexity index is 343. The van der Waals surface area contributed by atoms with Crippen molar-refractivity contribution in [3.8, 4) is 0 Å². The van der Waals surface area contributed by atoms with E-state index in [1.54, 1.807) is 0 Å². The highest BCUT2D eigenvalue weighted by Crippen LogP contribution is 2.30. The number of ketones is 1. The molecule has 1 heterocycles. The van der Waals surface area contributed by atoms with Gasteiger partial charge in [0.15, 0.2) is 5.78 Å². The fraction of sp³-hybridized carbons (Fsp3) is 0.700. The molecule has 1 amide bonds. The Balaban J connectivity index is 2.62. The van der Waals surface area contributed by atoms with E-state index in [4.69, 9.17) is 4.74 Å². The van der Waals surface area contributed by atoms with Gasteiger partial charge in [-0.25, -0.2) is 4.79 Å². The molecule has 5 nitrogen and oxygen atoms in total. The van der Waals surface area contributed by atoms with Crippen LogP contribution in [0.2, 0.25) is 0 Å². The van der Waals surface area contributed by atoms with Crippen molar-refractivity contribution in [1.82, 2.24) is 5.32 Å². The lowest BCUT2D eigenvalue weighted by molar-refractivity contribution is -0.142. The van der Waals surface area contributed by atoms with E-state index in [2.05, 4.69) is 37.2 Å². The first-order chi connectivity index (χ1) is 7.89. The lowest BCUT2D eigenvalue weighted by Gasteiger charge is -2.19. The van der Waals surface area contributed by atoms with Crippen LogP contribution in [-0.4, -0.2) is 33.5 Å². The van der Waals surface area contributed by atoms with Crippen molar-refractivity contribution in [2.75, 3.05) is 6.61 Å². The van der Waals surface area contributed by atoms with Gasteiger partial charge >= 0.3 is 5.97 Å². The molecular weight excluding hydrogens is 358 g/mol. The van der Waals surface area contributed by atoms with Crippen molar-refractivity contribution in [1.29, 1.82) is 0 Å². The molecule has 1 aliphatic heterocycles. The van der Waals surface area contributed by atoms with E-state index in [-0.39, 0.29) is 12.2 Å². The Labute approximate surface area is 116 Å². The summed E-state index contributed by atoms with van der Waals surface area (Å²) in [6.45, 7) is 2.14. The zero-order valence-electron chi connectivity index (χ0n) is 9.29. The average molecular weight is 371 g/mol. The second-order valence-corrected chi connectivity index (χ2v) is 7.17. The molecule has 1 N–H and O–H groups in total. The Hall–Kier alpha value is -0.430. The van der Waals surface area contributed by atoms with Crippen LogP contribution < -0.4 is 5.32 Å². The van der Waals surface area contributed by atoms with E-state index in [1.165, 1.54) is 0 Å². The number of alkyl halides is 2. The van der Waals surface area contributed by atoms with Gasteiger partial charge in [-0.1, -0.05) is 38.8 Å². The lowest BCUT2D eigenvalue weighted by Crippen LogP contribution is -2.48. The SMILES string of the molecule is CCCC(=O)C(Br)(Br)C(=O)N[C@H]1CCOC1=O. The minimum Gasteiger partial charge on any atom is -0.464 e. The summed E-state index contributed by atoms with van der Waals surface area (Å²) in [6, 6.07) is -0.661. The molecule has 1 aliphatic rings. The Morgan fingerprint density at radius 2 is 2.18 bits per heavy atom. The molecular formula is C10H13Br2NO4. The van der Waals surface area contributed by atoms with Crippen LogP contribution in [0.1, 0.15) is 26.2 Å². The molecule has 0 spiro atoms. The summed E-state index contributed by atoms with van der Waals surface area (Å²) in [4.78, 5) is 34.7. The van der Waals surface area contributed by atoms with Crippen molar-refractivity contribution >= 4 is 49.5 Å². The standard InChI is InChI=1S/C10H13Br2NO4/c1-2-3-7(14)10(11,12)9(16)13-6-4-5-17-8(6)15/h6H,2-5H2,1H3,(H,13,16)/t6-/m0/s1. The molecule has 0 unspecified atom stereocenters. The summed E-state index contributed by atoms with van der Waals surface area (Å²) in [5.74, 6) is -1.30. The summed E-state index contributed by atoms with van der Waals surface area (Å²) >= 11 is 6.09. The molecule has 1 fully saturated rings. The van der Waals surface area contributed by atoms with Gasteiger partial charge in [-0.2, -0.15) is 0 Å². The molecule has 0 aromatic carbocycles. The molecule has 0 aromatic heterocycles. The first kappa shape index (κ1) is 14.6. The smallest absolute Gasteiger partial charge is 0.328 e. The van der Waals surface area contributed by atoms with Gasteiger partial charge in [0, 0.05) is 12.8 Å². The predicted molar refractivity (Wildman–Crippen MR) is 68.0 cm³/mol. The zero-order valence-corrected chi connectivity index (χ0v) is 12.5. The van der Waals surface area contributed by atoms with Crippen molar-refractivity contribution in [2.24, 2.45) is 0 Å². The van der Waals surface area contributed by atoms with E-state index in [1.807, 2.05) is 6.92 Å². The number of nitrogens with one attached hydrogen (secondary N) is 1. The molecule has 0 bridgehead atoms. The highest BCUT2D eigenvalue weighted by molar-refractivity contribution is 9.26. The number of carbonyl (C=O) groups excluding carboxylic acids is 3. The van der Waals surface area contributed by atoms with E-state index >= 15 is 0 Å². The number of esters is 1. The summed E-state index contributed by atoms with van der Waals surface area (Å²) in [5.41, 5.74) is 0. The van der Waals surface area contributed by atoms with Crippen LogP contribution >= 0.6 is 31.9 Å². The number of carbonyl (C=O) groups is 3. The number of amides is 1. The predicted octanol–water partition coefficient (Wildman–Crippen LogP) is 1.27. The minimum atomic E-state index is -1.46. The monoisotopic (exact) mass is 369 g/mol. The van der Waals surface area contributed by atoms with Crippen LogP contribution in [-0.2, 0) is 19.1 Å². The fourth-order valence-corrected chi connectivity index (χ4v) is 2.01. The van der Waals surface area contributed by atoms with Crippen LogP contribution in [0, 0.1) is 0 Å². The molecule has 17 heavy (non-hydrogen) atoms. The quantitative estimate of drug-likeness (QED) is 0.449. The molecule has 1 atom stereocenters. The minimum absolute atomic E-state index is 0.274. The molecule has 7 heteroatoms. The lowest BCUT2D eigenvalue weighted by atomic mass is 10.1. The first-order valence-electron chi connectivity index (χ1n) is 5.28. The third-order valence-electron chi connectivity index (χ3n) is 2.35. The second-order valence-electron chi connectivity index (χ2n) is 3.73. The molecule has 0 radical (unpaired) electrons. The highest BCUT2D eigenvalue weighted by Gasteiger charge is 2.42. The number of cyclic esters (lactones) is 1. The van der Waals surface area contributed by atoms with Gasteiger partial charge < -0.3 is 10.1 Å². The summed E-state index contributed by atoms with van der Waals surface area (Å²) in [5, 5.41) is 2.48. The highest BCUT2D eigenvalue weighted by atomic mass is 79.9. The maximum atomic E-state index is 11.8. The van der Waals surface area contributed by atoms with Gasteiger partial charge in [0.2, 0.25) is 3.23 Å². The molecule has 0 aromatic rings. The summed E-state index contributed by atoms with van der Waals surface area (Å²) in [6.07, 6.45) is 1.36. The first-order valence-corrected chi connectivity index (χ1v) is 6.87. The summed E-state index contributed by atoms with van der Waals surface area (Å²) < 4.78 is 3.26. The maximum Gasteiger partial charge on any atom is 0.328 e. The molecule has 0 aliphatic carbocycles. The van der Waals surface area contributed by atoms with Crippen molar-refractivity contribution in [3.63, 3.8) is 0 Å². The molecule has 1 rings (SSSR count). The van der Waals surface area contributed by atoms with Crippen LogP contribution in [0.25, 0.3) is 0 Å². The number of hydrogen-bond donors (Lipinski definition) is 1. The number of hydrogen-bond acceptors (Lipinski definition) is 4. The number of rotatable bonds is 5. The zero-order chi connectivity index (χ0) is 13.1. The van der Waals surface area contributed by atoms with Crippen LogP contribution in [0.5, 0.6) is 0 Å². The van der Waals surface area contributed by atoms with Gasteiger partial charge in [0.25, 0.3) is 5.91 Å². The van der Waals surface area contributed by atoms with Crippen molar-refractivity contribution in [3.05, 3.63) is 0 Å². The van der Waals surface area contributed by atoms with Crippen LogP contribution in [0.15, 0.2) is 0 Å². The largest absolute Gasteiger partial charge is 0.464 e. The van der Waals surface area contributed by atoms with Crippen molar-refractivity contribution in [2.45, 2.75) is 35.5 Å². The maximum absolute atomic E-state index is 11.8. The van der Waals surface area contributed by atoms with Gasteiger partial charge in [-0.05, 0) is 6.42 Å². The molecule has 0 saturated carbocycles. The third-order valence-corrected chi connectivity index (χ3v) is 3.96. The Morgan fingerprint density at radius 1 is 1.53 bits per heavy atom. The number of Topliss-reactive ketones (excluding diaryl/α,β-unsaturated/α-hetero) is 1. The van der Waals surface area contributed by atoms with Gasteiger partial charge in [-0.15, -0.1) is 0 Å². The summed E-state index contributed by atoms with van der Waals surface area (Å²) in [7, 11) is 0. The molecule has 96 valence electrons. The topological polar surface area (TPSA) is 72.5 Å².